The second kappa shape index (κ2) is 8.81. The molecule has 26 heavy (non-hydrogen) atoms. The van der Waals surface area contributed by atoms with Crippen molar-refractivity contribution in [2.24, 2.45) is 0 Å². The third-order valence-corrected chi connectivity index (χ3v) is 4.51. The van der Waals surface area contributed by atoms with E-state index in [-0.39, 0.29) is 23.0 Å². The van der Waals surface area contributed by atoms with Crippen LogP contribution in [0.15, 0.2) is 36.4 Å². The lowest BCUT2D eigenvalue weighted by Crippen LogP contribution is -2.31. The number of halogens is 2. The molecule has 0 aliphatic rings. The first-order valence-electron chi connectivity index (χ1n) is 8.23. The smallest absolute Gasteiger partial charge is 0.310 e. The summed E-state index contributed by atoms with van der Waals surface area (Å²) in [4.78, 5) is 23.8. The van der Waals surface area contributed by atoms with Crippen molar-refractivity contribution in [3.05, 3.63) is 69.5 Å². The van der Waals surface area contributed by atoms with E-state index in [4.69, 9.17) is 16.3 Å². The van der Waals surface area contributed by atoms with E-state index in [0.717, 1.165) is 11.1 Å². The zero-order valence-corrected chi connectivity index (χ0v) is 15.7. The summed E-state index contributed by atoms with van der Waals surface area (Å²) in [5.74, 6) is -1.73. The van der Waals surface area contributed by atoms with Crippen LogP contribution in [-0.4, -0.2) is 18.5 Å². The monoisotopic (exact) mass is 377 g/mol. The molecule has 138 valence electrons. The minimum atomic E-state index is -0.717. The Balaban J connectivity index is 1.86. The molecule has 2 rings (SSSR count). The van der Waals surface area contributed by atoms with E-state index in [0.29, 0.717) is 0 Å². The van der Waals surface area contributed by atoms with Crippen LogP contribution >= 0.6 is 11.6 Å². The largest absolute Gasteiger partial charge is 0.455 e. The highest BCUT2D eigenvalue weighted by atomic mass is 35.5. The van der Waals surface area contributed by atoms with Crippen LogP contribution in [0.4, 0.5) is 4.39 Å². The average molecular weight is 378 g/mol. The van der Waals surface area contributed by atoms with Gasteiger partial charge >= 0.3 is 5.97 Å². The van der Waals surface area contributed by atoms with Gasteiger partial charge in [-0.1, -0.05) is 35.9 Å². The van der Waals surface area contributed by atoms with Gasteiger partial charge < -0.3 is 10.1 Å². The van der Waals surface area contributed by atoms with Gasteiger partial charge in [0.1, 0.15) is 5.82 Å². The van der Waals surface area contributed by atoms with Gasteiger partial charge in [-0.2, -0.15) is 0 Å². The van der Waals surface area contributed by atoms with Gasteiger partial charge in [-0.15, -0.1) is 0 Å². The molecule has 0 heterocycles. The summed E-state index contributed by atoms with van der Waals surface area (Å²) in [6.45, 7) is 5.44. The van der Waals surface area contributed by atoms with Crippen molar-refractivity contribution in [3.8, 4) is 0 Å². The van der Waals surface area contributed by atoms with E-state index in [1.165, 1.54) is 23.8 Å². The third kappa shape index (κ3) is 5.30. The molecule has 4 nitrogen and oxygen atoms in total. The molecule has 0 aliphatic heterocycles. The molecule has 6 heteroatoms. The summed E-state index contributed by atoms with van der Waals surface area (Å²) in [5, 5.41) is 2.92. The third-order valence-electron chi connectivity index (χ3n) is 4.16. The second-order valence-electron chi connectivity index (χ2n) is 6.17. The fourth-order valence-electron chi connectivity index (χ4n) is 2.44. The minimum Gasteiger partial charge on any atom is -0.455 e. The Morgan fingerprint density at radius 1 is 1.19 bits per heavy atom. The number of carbonyl (C=O) groups is 2. The maximum Gasteiger partial charge on any atom is 0.310 e. The van der Waals surface area contributed by atoms with Crippen LogP contribution in [0.3, 0.4) is 0 Å². The van der Waals surface area contributed by atoms with Gasteiger partial charge in [-0.3, -0.25) is 9.59 Å². The molecule has 1 N–H and O–H groups in total. The number of rotatable bonds is 6. The lowest BCUT2D eigenvalue weighted by molar-refractivity contribution is -0.148. The van der Waals surface area contributed by atoms with Gasteiger partial charge in [0.05, 0.1) is 12.5 Å². The summed E-state index contributed by atoms with van der Waals surface area (Å²) < 4.78 is 18.6. The second-order valence-corrected chi connectivity index (χ2v) is 6.58. The number of nitrogens with one attached hydrogen (secondary N) is 1. The Labute approximate surface area is 157 Å². The van der Waals surface area contributed by atoms with Crippen molar-refractivity contribution >= 4 is 23.5 Å². The van der Waals surface area contributed by atoms with Crippen LogP contribution in [0.5, 0.6) is 0 Å². The molecule has 2 aromatic carbocycles. The number of amides is 1. The molecule has 0 radical (unpaired) electrons. The molecule has 0 bridgehead atoms. The topological polar surface area (TPSA) is 55.4 Å². The summed E-state index contributed by atoms with van der Waals surface area (Å²) in [6.07, 6.45) is -0.328. The molecule has 1 amide bonds. The van der Waals surface area contributed by atoms with Crippen LogP contribution in [0.1, 0.15) is 35.2 Å². The SMILES string of the molecule is Cc1ccc(C(C)NC(=O)COC(=O)Cc2c(F)cccc2Cl)cc1C. The van der Waals surface area contributed by atoms with Gasteiger partial charge in [0, 0.05) is 10.6 Å². The van der Waals surface area contributed by atoms with E-state index in [9.17, 15) is 14.0 Å². The number of benzene rings is 2. The molecular formula is C20H21ClFNO3. The van der Waals surface area contributed by atoms with Crippen LogP contribution < -0.4 is 5.32 Å². The lowest BCUT2D eigenvalue weighted by atomic mass is 10.0. The van der Waals surface area contributed by atoms with Crippen molar-refractivity contribution in [2.75, 3.05) is 6.61 Å². The Morgan fingerprint density at radius 3 is 2.58 bits per heavy atom. The summed E-state index contributed by atoms with van der Waals surface area (Å²) >= 11 is 5.87. The molecule has 1 unspecified atom stereocenters. The highest BCUT2D eigenvalue weighted by molar-refractivity contribution is 6.31. The molecule has 0 fully saturated rings. The fraction of sp³-hybridized carbons (Fsp3) is 0.300. The summed E-state index contributed by atoms with van der Waals surface area (Å²) in [5.41, 5.74) is 3.33. The molecule has 0 aliphatic carbocycles. The van der Waals surface area contributed by atoms with Crippen LogP contribution in [0.25, 0.3) is 0 Å². The first-order chi connectivity index (χ1) is 12.3. The Kier molecular flexibility index (Phi) is 6.75. The molecule has 0 aromatic heterocycles. The molecule has 0 spiro atoms. The van der Waals surface area contributed by atoms with E-state index in [1.54, 1.807) is 0 Å². The standard InChI is InChI=1S/C20H21ClFNO3/c1-12-7-8-15(9-13(12)2)14(3)23-19(24)11-26-20(25)10-16-17(21)5-4-6-18(16)22/h4-9,14H,10-11H2,1-3H3,(H,23,24). The number of ether oxygens (including phenoxy) is 1. The van der Waals surface area contributed by atoms with Gasteiger partial charge in [-0.05, 0) is 49.6 Å². The van der Waals surface area contributed by atoms with Crippen LogP contribution in [-0.2, 0) is 20.7 Å². The van der Waals surface area contributed by atoms with E-state index < -0.39 is 24.3 Å². The van der Waals surface area contributed by atoms with Crippen molar-refractivity contribution in [2.45, 2.75) is 33.2 Å². The maximum absolute atomic E-state index is 13.7. The molecule has 1 atom stereocenters. The van der Waals surface area contributed by atoms with Gasteiger partial charge in [0.2, 0.25) is 0 Å². The van der Waals surface area contributed by atoms with E-state index in [2.05, 4.69) is 5.32 Å². The number of hydrogen-bond acceptors (Lipinski definition) is 3. The van der Waals surface area contributed by atoms with E-state index in [1.807, 2.05) is 39.0 Å². The predicted molar refractivity (Wildman–Crippen MR) is 98.5 cm³/mol. The minimum absolute atomic E-state index is 0.0584. The fourth-order valence-corrected chi connectivity index (χ4v) is 2.67. The number of aryl methyl sites for hydroxylation is 2. The molecule has 0 saturated carbocycles. The summed E-state index contributed by atoms with van der Waals surface area (Å²) in [7, 11) is 0. The van der Waals surface area contributed by atoms with Crippen molar-refractivity contribution < 1.29 is 18.7 Å². The number of esters is 1. The Morgan fingerprint density at radius 2 is 1.92 bits per heavy atom. The van der Waals surface area contributed by atoms with Gasteiger partial charge in [0.15, 0.2) is 6.61 Å². The normalized spacial score (nSPS) is 11.7. The highest BCUT2D eigenvalue weighted by Crippen LogP contribution is 2.20. The maximum atomic E-state index is 13.7. The predicted octanol–water partition coefficient (Wildman–Crippen LogP) is 4.06. The first kappa shape index (κ1) is 19.9. The van der Waals surface area contributed by atoms with Crippen molar-refractivity contribution in [3.63, 3.8) is 0 Å². The highest BCUT2D eigenvalue weighted by Gasteiger charge is 2.15. The summed E-state index contributed by atoms with van der Waals surface area (Å²) in [6, 6.07) is 9.88. The average Bonchev–Trinajstić information content (AvgIpc) is 2.59. The number of hydrogen-bond donors (Lipinski definition) is 1. The van der Waals surface area contributed by atoms with Gasteiger partial charge in [-0.25, -0.2) is 4.39 Å². The zero-order valence-electron chi connectivity index (χ0n) is 14.9. The number of carbonyl (C=O) groups excluding carboxylic acids is 2. The van der Waals surface area contributed by atoms with Crippen molar-refractivity contribution in [1.82, 2.24) is 5.32 Å². The molecule has 0 saturated heterocycles. The van der Waals surface area contributed by atoms with Gasteiger partial charge in [0.25, 0.3) is 5.91 Å². The Bertz CT molecular complexity index is 802. The zero-order chi connectivity index (χ0) is 19.3. The molecule has 2 aromatic rings. The van der Waals surface area contributed by atoms with Crippen LogP contribution in [0.2, 0.25) is 5.02 Å². The lowest BCUT2D eigenvalue weighted by Gasteiger charge is -2.16. The quantitative estimate of drug-likeness (QED) is 0.772. The molecular weight excluding hydrogens is 357 g/mol. The Hall–Kier alpha value is -2.40. The van der Waals surface area contributed by atoms with Crippen molar-refractivity contribution in [1.29, 1.82) is 0 Å². The first-order valence-corrected chi connectivity index (χ1v) is 8.60. The van der Waals surface area contributed by atoms with E-state index >= 15 is 0 Å². The van der Waals surface area contributed by atoms with Crippen LogP contribution in [0, 0.1) is 19.7 Å².